The number of hydrogen-bond donors (Lipinski definition) is 1. The summed E-state index contributed by atoms with van der Waals surface area (Å²) in [7, 11) is 0. The molecule has 116 valence electrons. The molecule has 3 aromatic rings. The number of para-hydroxylation sites is 1. The summed E-state index contributed by atoms with van der Waals surface area (Å²) >= 11 is 3.87. The molecule has 0 saturated carbocycles. The lowest BCUT2D eigenvalue weighted by molar-refractivity contribution is -0.113. The van der Waals surface area contributed by atoms with Crippen LogP contribution in [-0.4, -0.2) is 11.7 Å². The van der Waals surface area contributed by atoms with Gasteiger partial charge in [0.1, 0.15) is 0 Å². The largest absolute Gasteiger partial charge is 0.324 e. The number of anilines is 1. The highest BCUT2D eigenvalue weighted by molar-refractivity contribution is 14.1. The number of hydrogen-bond acceptors (Lipinski definition) is 2. The smallest absolute Gasteiger partial charge is 0.234 e. The molecule has 23 heavy (non-hydrogen) atoms. The van der Waals surface area contributed by atoms with Crippen LogP contribution in [0.5, 0.6) is 0 Å². The first-order valence-electron chi connectivity index (χ1n) is 7.33. The van der Waals surface area contributed by atoms with Crippen molar-refractivity contribution in [1.29, 1.82) is 0 Å². The predicted molar refractivity (Wildman–Crippen MR) is 108 cm³/mol. The summed E-state index contributed by atoms with van der Waals surface area (Å²) in [4.78, 5) is 12.1. The lowest BCUT2D eigenvalue weighted by Gasteiger charge is -2.08. The number of thioether (sulfide) groups is 1. The van der Waals surface area contributed by atoms with Crippen LogP contribution in [0.3, 0.4) is 0 Å². The summed E-state index contributed by atoms with van der Waals surface area (Å²) in [5.41, 5.74) is 2.15. The molecule has 4 heteroatoms. The highest BCUT2D eigenvalue weighted by Crippen LogP contribution is 2.23. The van der Waals surface area contributed by atoms with Gasteiger partial charge in [-0.2, -0.15) is 0 Å². The van der Waals surface area contributed by atoms with Gasteiger partial charge in [-0.3, -0.25) is 4.79 Å². The molecular weight excluding hydrogens is 417 g/mol. The average Bonchev–Trinajstić information content (AvgIpc) is 2.57. The van der Waals surface area contributed by atoms with Crippen molar-refractivity contribution >= 4 is 56.7 Å². The van der Waals surface area contributed by atoms with Crippen molar-refractivity contribution in [3.05, 3.63) is 75.9 Å². The van der Waals surface area contributed by atoms with E-state index in [4.69, 9.17) is 0 Å². The maximum Gasteiger partial charge on any atom is 0.234 e. The number of carbonyl (C=O) groups excluding carboxylic acids is 1. The Labute approximate surface area is 153 Å². The third-order valence-electron chi connectivity index (χ3n) is 3.52. The van der Waals surface area contributed by atoms with Crippen molar-refractivity contribution < 1.29 is 4.79 Å². The third kappa shape index (κ3) is 4.26. The van der Waals surface area contributed by atoms with E-state index in [1.165, 1.54) is 16.3 Å². The van der Waals surface area contributed by atoms with Crippen molar-refractivity contribution in [1.82, 2.24) is 0 Å². The summed E-state index contributed by atoms with van der Waals surface area (Å²) < 4.78 is 1.05. The quantitative estimate of drug-likeness (QED) is 0.553. The van der Waals surface area contributed by atoms with Gasteiger partial charge in [0.2, 0.25) is 5.91 Å². The van der Waals surface area contributed by atoms with Crippen molar-refractivity contribution in [2.24, 2.45) is 0 Å². The molecule has 2 nitrogen and oxygen atoms in total. The summed E-state index contributed by atoms with van der Waals surface area (Å²) in [5.74, 6) is 1.33. The van der Waals surface area contributed by atoms with Gasteiger partial charge in [-0.15, -0.1) is 11.8 Å². The van der Waals surface area contributed by atoms with Gasteiger partial charge in [-0.05, 0) is 51.1 Å². The van der Waals surface area contributed by atoms with E-state index in [9.17, 15) is 4.79 Å². The first kappa shape index (κ1) is 16.3. The second-order valence-electron chi connectivity index (χ2n) is 5.16. The molecule has 0 aliphatic carbocycles. The number of halogens is 1. The lowest BCUT2D eigenvalue weighted by atomic mass is 10.1. The topological polar surface area (TPSA) is 29.1 Å². The van der Waals surface area contributed by atoms with Crippen LogP contribution in [0.2, 0.25) is 0 Å². The van der Waals surface area contributed by atoms with Crippen LogP contribution in [0.15, 0.2) is 66.7 Å². The molecule has 1 N–H and O–H groups in total. The number of nitrogens with one attached hydrogen (secondary N) is 1. The molecule has 0 spiro atoms. The van der Waals surface area contributed by atoms with Gasteiger partial charge < -0.3 is 5.32 Å². The van der Waals surface area contributed by atoms with E-state index >= 15 is 0 Å². The Morgan fingerprint density at radius 1 is 0.957 bits per heavy atom. The fraction of sp³-hybridized carbons (Fsp3) is 0.105. The van der Waals surface area contributed by atoms with E-state index < -0.39 is 0 Å². The molecule has 0 fully saturated rings. The van der Waals surface area contributed by atoms with Gasteiger partial charge in [0.05, 0.1) is 11.4 Å². The van der Waals surface area contributed by atoms with Crippen molar-refractivity contribution in [3.8, 4) is 0 Å². The van der Waals surface area contributed by atoms with Crippen LogP contribution in [0, 0.1) is 3.57 Å². The normalized spacial score (nSPS) is 10.7. The third-order valence-corrected chi connectivity index (χ3v) is 5.44. The molecule has 1 amide bonds. The van der Waals surface area contributed by atoms with Crippen LogP contribution >= 0.6 is 34.4 Å². The second-order valence-corrected chi connectivity index (χ2v) is 7.31. The van der Waals surface area contributed by atoms with Crippen molar-refractivity contribution in [2.75, 3.05) is 11.1 Å². The molecule has 0 unspecified atom stereocenters. The minimum Gasteiger partial charge on any atom is -0.324 e. The maximum atomic E-state index is 12.1. The van der Waals surface area contributed by atoms with Gasteiger partial charge in [-0.1, -0.05) is 54.6 Å². The predicted octanol–water partition coefficient (Wildman–Crippen LogP) is 5.32. The molecule has 0 atom stereocenters. The van der Waals surface area contributed by atoms with Crippen LogP contribution in [0.25, 0.3) is 10.8 Å². The molecule has 0 heterocycles. The number of fused-ring (bicyclic) bond motifs is 1. The molecule has 0 aliphatic rings. The number of benzene rings is 3. The van der Waals surface area contributed by atoms with E-state index in [2.05, 4.69) is 64.3 Å². The van der Waals surface area contributed by atoms with Crippen molar-refractivity contribution in [2.45, 2.75) is 5.75 Å². The number of rotatable bonds is 5. The summed E-state index contributed by atoms with van der Waals surface area (Å²) in [6.45, 7) is 0. The van der Waals surface area contributed by atoms with Crippen molar-refractivity contribution in [3.63, 3.8) is 0 Å². The molecule has 0 radical (unpaired) electrons. The Balaban J connectivity index is 1.58. The standard InChI is InChI=1S/C19H16INOS/c20-17-10-3-4-11-18(17)21-19(22)13-23-12-15-8-5-7-14-6-1-2-9-16(14)15/h1-11H,12-13H2,(H,21,22). The Morgan fingerprint density at radius 2 is 1.70 bits per heavy atom. The highest BCUT2D eigenvalue weighted by Gasteiger charge is 2.06. The molecule has 3 aromatic carbocycles. The monoisotopic (exact) mass is 433 g/mol. The maximum absolute atomic E-state index is 12.1. The molecule has 0 aromatic heterocycles. The van der Waals surface area contributed by atoms with E-state index in [0.717, 1.165) is 15.0 Å². The summed E-state index contributed by atoms with van der Waals surface area (Å²) in [6.07, 6.45) is 0. The minimum absolute atomic E-state index is 0.0411. The Kier molecular flexibility index (Phi) is 5.56. The van der Waals surface area contributed by atoms with E-state index in [1.807, 2.05) is 30.3 Å². The van der Waals surface area contributed by atoms with Crippen LogP contribution in [0.4, 0.5) is 5.69 Å². The fourth-order valence-corrected chi connectivity index (χ4v) is 3.77. The van der Waals surface area contributed by atoms with Crippen LogP contribution in [0.1, 0.15) is 5.56 Å². The Morgan fingerprint density at radius 3 is 2.57 bits per heavy atom. The highest BCUT2D eigenvalue weighted by atomic mass is 127. The lowest BCUT2D eigenvalue weighted by Crippen LogP contribution is -2.14. The second kappa shape index (κ2) is 7.84. The van der Waals surface area contributed by atoms with Gasteiger partial charge >= 0.3 is 0 Å². The molecule has 0 saturated heterocycles. The SMILES string of the molecule is O=C(CSCc1cccc2ccccc12)Nc1ccccc1I. The van der Waals surface area contributed by atoms with Gasteiger partial charge in [0.25, 0.3) is 0 Å². The van der Waals surface area contributed by atoms with Gasteiger partial charge in [-0.25, -0.2) is 0 Å². The molecule has 3 rings (SSSR count). The first-order valence-corrected chi connectivity index (χ1v) is 9.56. The average molecular weight is 433 g/mol. The number of amides is 1. The fourth-order valence-electron chi connectivity index (χ4n) is 2.42. The molecular formula is C19H16INOS. The minimum atomic E-state index is 0.0411. The molecule has 0 bridgehead atoms. The van der Waals surface area contributed by atoms with E-state index in [-0.39, 0.29) is 5.91 Å². The summed E-state index contributed by atoms with van der Waals surface area (Å²) in [5, 5.41) is 5.48. The number of carbonyl (C=O) groups is 1. The first-order chi connectivity index (χ1) is 11.2. The van der Waals surface area contributed by atoms with E-state index in [0.29, 0.717) is 5.75 Å². The van der Waals surface area contributed by atoms with Gasteiger partial charge in [0, 0.05) is 9.32 Å². The van der Waals surface area contributed by atoms with Gasteiger partial charge in [0.15, 0.2) is 0 Å². The Hall–Kier alpha value is -1.53. The van der Waals surface area contributed by atoms with Crippen LogP contribution in [-0.2, 0) is 10.5 Å². The summed E-state index contributed by atoms with van der Waals surface area (Å²) in [6, 6.07) is 22.5. The molecule has 0 aliphatic heterocycles. The zero-order chi connectivity index (χ0) is 16.1. The zero-order valence-electron chi connectivity index (χ0n) is 12.5. The Bertz CT molecular complexity index is 829. The van der Waals surface area contributed by atoms with Crippen LogP contribution < -0.4 is 5.32 Å². The zero-order valence-corrected chi connectivity index (χ0v) is 15.4. The van der Waals surface area contributed by atoms with E-state index in [1.54, 1.807) is 11.8 Å².